The van der Waals surface area contributed by atoms with Crippen molar-refractivity contribution in [2.75, 3.05) is 6.61 Å². The van der Waals surface area contributed by atoms with Crippen LogP contribution in [0.5, 0.6) is 28.7 Å². The van der Waals surface area contributed by atoms with Crippen molar-refractivity contribution in [3.05, 3.63) is 82.5 Å². The molecule has 1 saturated heterocycles. The largest absolute Gasteiger partial charge is 0.508 e. The van der Waals surface area contributed by atoms with Crippen molar-refractivity contribution >= 4 is 23.0 Å². The van der Waals surface area contributed by atoms with E-state index in [0.717, 1.165) is 18.2 Å². The maximum absolute atomic E-state index is 13.5. The molecule has 0 radical (unpaired) electrons. The fourth-order valence-electron chi connectivity index (χ4n) is 4.41. The smallest absolute Gasteiger partial charge is 0.330 e. The molecule has 7 N–H and O–H groups in total. The number of rotatable bonds is 7. The third-order valence-electron chi connectivity index (χ3n) is 6.64. The van der Waals surface area contributed by atoms with Crippen LogP contribution in [0.2, 0.25) is 0 Å². The van der Waals surface area contributed by atoms with Crippen molar-refractivity contribution in [1.82, 2.24) is 0 Å². The molecule has 0 aliphatic carbocycles. The second kappa shape index (κ2) is 12.0. The van der Waals surface area contributed by atoms with Crippen LogP contribution < -0.4 is 10.2 Å². The number of carbonyl (C=O) groups excluding carboxylic acids is 1. The predicted molar refractivity (Wildman–Crippen MR) is 148 cm³/mol. The van der Waals surface area contributed by atoms with Crippen LogP contribution >= 0.6 is 0 Å². The summed E-state index contributed by atoms with van der Waals surface area (Å²) in [6.45, 7) is -0.583. The van der Waals surface area contributed by atoms with Gasteiger partial charge in [0, 0.05) is 23.8 Å². The molecule has 224 valence electrons. The van der Waals surface area contributed by atoms with Gasteiger partial charge in [0.15, 0.2) is 5.76 Å². The highest BCUT2D eigenvalue weighted by Gasteiger charge is 2.46. The number of carbonyl (C=O) groups is 1. The molecule has 1 aromatic heterocycles. The molecule has 13 heteroatoms. The topological polar surface area (TPSA) is 217 Å². The van der Waals surface area contributed by atoms with Gasteiger partial charge < -0.3 is 54.4 Å². The van der Waals surface area contributed by atoms with Gasteiger partial charge in [0.1, 0.15) is 65.0 Å². The zero-order chi connectivity index (χ0) is 30.8. The molecule has 5 rings (SSSR count). The van der Waals surface area contributed by atoms with Gasteiger partial charge in [-0.15, -0.1) is 0 Å². The van der Waals surface area contributed by atoms with Crippen molar-refractivity contribution in [1.29, 1.82) is 0 Å². The predicted octanol–water partition coefficient (Wildman–Crippen LogP) is 1.73. The Labute approximate surface area is 242 Å². The number of phenols is 4. The monoisotopic (exact) mass is 594 g/mol. The summed E-state index contributed by atoms with van der Waals surface area (Å²) < 4.78 is 22.2. The summed E-state index contributed by atoms with van der Waals surface area (Å²) in [6, 6.07) is 13.4. The lowest BCUT2D eigenvalue weighted by molar-refractivity contribution is -0.278. The highest BCUT2D eigenvalue weighted by Crippen LogP contribution is 2.37. The Morgan fingerprint density at radius 2 is 1.49 bits per heavy atom. The van der Waals surface area contributed by atoms with E-state index in [-0.39, 0.29) is 33.8 Å². The Morgan fingerprint density at radius 3 is 2.16 bits per heavy atom. The molecule has 0 spiro atoms. The summed E-state index contributed by atoms with van der Waals surface area (Å²) in [7, 11) is 0. The number of fused-ring (bicyclic) bond motifs is 1. The fourth-order valence-corrected chi connectivity index (χ4v) is 4.41. The molecule has 2 heterocycles. The van der Waals surface area contributed by atoms with Crippen LogP contribution in [-0.4, -0.2) is 79.0 Å². The molecule has 3 aromatic carbocycles. The van der Waals surface area contributed by atoms with E-state index in [1.165, 1.54) is 42.5 Å². The first kappa shape index (κ1) is 29.4. The van der Waals surface area contributed by atoms with Gasteiger partial charge in [-0.1, -0.05) is 12.1 Å². The van der Waals surface area contributed by atoms with Crippen molar-refractivity contribution in [2.45, 2.75) is 30.7 Å². The number of hydrogen-bond acceptors (Lipinski definition) is 13. The lowest BCUT2D eigenvalue weighted by Gasteiger charge is -2.39. The standard InChI is InChI=1S/C30H26O13/c31-16-6-1-14(2-7-16)3-10-22(35)40-13-21-24(36)26(38)27(39)30(42-21)43-29-25(37)23-19(34)11-18(33)12-20(23)41-28(29)15-4-8-17(32)9-5-15/h1-12,21,24,26-27,30-34,36,38-39H,13H2/t21-,24-,26+,27+,30+/m1/s1. The molecule has 0 amide bonds. The molecule has 13 nitrogen and oxygen atoms in total. The second-order valence-electron chi connectivity index (χ2n) is 9.66. The van der Waals surface area contributed by atoms with Crippen molar-refractivity contribution < 1.29 is 59.2 Å². The molecule has 5 atom stereocenters. The van der Waals surface area contributed by atoms with E-state index >= 15 is 0 Å². The number of aliphatic hydroxyl groups excluding tert-OH is 3. The van der Waals surface area contributed by atoms with Crippen LogP contribution in [0.1, 0.15) is 5.56 Å². The number of aromatic hydroxyl groups is 4. The van der Waals surface area contributed by atoms with Gasteiger partial charge in [-0.3, -0.25) is 4.79 Å². The SMILES string of the molecule is O=C(C=Cc1ccc(O)cc1)OC[C@H]1O[C@@H](Oc2c(-c3ccc(O)cc3)oc3cc(O)cc(O)c3c2=O)[C@@H](O)[C@@H](O)[C@@H]1O. The third-order valence-corrected chi connectivity index (χ3v) is 6.64. The molecule has 0 saturated carbocycles. The van der Waals surface area contributed by atoms with Crippen LogP contribution in [0, 0.1) is 0 Å². The highest BCUT2D eigenvalue weighted by atomic mass is 16.7. The van der Waals surface area contributed by atoms with Gasteiger partial charge in [-0.05, 0) is 48.0 Å². The minimum atomic E-state index is -1.90. The first-order chi connectivity index (χ1) is 20.5. The summed E-state index contributed by atoms with van der Waals surface area (Å²) in [5.41, 5.74) is -0.328. The van der Waals surface area contributed by atoms with Gasteiger partial charge in [0.2, 0.25) is 17.5 Å². The summed E-state index contributed by atoms with van der Waals surface area (Å²) in [4.78, 5) is 25.8. The number of esters is 1. The average molecular weight is 595 g/mol. The van der Waals surface area contributed by atoms with Gasteiger partial charge in [0.05, 0.1) is 0 Å². The number of benzene rings is 3. The average Bonchev–Trinajstić information content (AvgIpc) is 2.97. The third kappa shape index (κ3) is 6.24. The first-order valence-corrected chi connectivity index (χ1v) is 12.8. The van der Waals surface area contributed by atoms with Crippen LogP contribution in [0.25, 0.3) is 28.4 Å². The molecular formula is C30H26O13. The van der Waals surface area contributed by atoms with Gasteiger partial charge >= 0.3 is 5.97 Å². The molecule has 4 aromatic rings. The zero-order valence-electron chi connectivity index (χ0n) is 22.1. The van der Waals surface area contributed by atoms with E-state index in [2.05, 4.69) is 0 Å². The Balaban J connectivity index is 1.42. The lowest BCUT2D eigenvalue weighted by Crippen LogP contribution is -2.60. The van der Waals surface area contributed by atoms with Gasteiger partial charge in [-0.2, -0.15) is 0 Å². The number of hydrogen-bond donors (Lipinski definition) is 7. The quantitative estimate of drug-likeness (QED) is 0.120. The molecule has 43 heavy (non-hydrogen) atoms. The molecular weight excluding hydrogens is 568 g/mol. The number of aliphatic hydroxyl groups is 3. The Hall–Kier alpha value is -5.08. The minimum absolute atomic E-state index is 0.0495. The Kier molecular flexibility index (Phi) is 8.23. The maximum atomic E-state index is 13.5. The molecule has 1 aliphatic rings. The molecule has 1 aliphatic heterocycles. The van der Waals surface area contributed by atoms with E-state index in [1.54, 1.807) is 12.1 Å². The summed E-state index contributed by atoms with van der Waals surface area (Å²) in [6.07, 6.45) is -6.17. The number of phenolic OH excluding ortho intramolecular Hbond substituents is 4. The van der Waals surface area contributed by atoms with E-state index in [0.29, 0.717) is 5.56 Å². The maximum Gasteiger partial charge on any atom is 0.330 e. The normalized spacial score (nSPS) is 22.1. The van der Waals surface area contributed by atoms with Crippen molar-refractivity contribution in [3.63, 3.8) is 0 Å². The first-order valence-electron chi connectivity index (χ1n) is 12.8. The van der Waals surface area contributed by atoms with E-state index in [1.807, 2.05) is 0 Å². The second-order valence-corrected chi connectivity index (χ2v) is 9.66. The van der Waals surface area contributed by atoms with E-state index < -0.39 is 66.0 Å². The highest BCUT2D eigenvalue weighted by molar-refractivity contribution is 5.88. The van der Waals surface area contributed by atoms with Crippen LogP contribution in [-0.2, 0) is 14.3 Å². The minimum Gasteiger partial charge on any atom is -0.508 e. The van der Waals surface area contributed by atoms with Crippen LogP contribution in [0.15, 0.2) is 76.0 Å². The van der Waals surface area contributed by atoms with Crippen molar-refractivity contribution in [3.8, 4) is 40.1 Å². The molecule has 0 bridgehead atoms. The fraction of sp³-hybridized carbons (Fsp3) is 0.200. The van der Waals surface area contributed by atoms with Crippen LogP contribution in [0.3, 0.4) is 0 Å². The van der Waals surface area contributed by atoms with Gasteiger partial charge in [-0.25, -0.2) is 4.79 Å². The van der Waals surface area contributed by atoms with E-state index in [9.17, 15) is 45.3 Å². The molecule has 1 fully saturated rings. The van der Waals surface area contributed by atoms with E-state index in [4.69, 9.17) is 18.6 Å². The summed E-state index contributed by atoms with van der Waals surface area (Å²) >= 11 is 0. The Bertz CT molecular complexity index is 1710. The summed E-state index contributed by atoms with van der Waals surface area (Å²) in [5, 5.41) is 70.6. The van der Waals surface area contributed by atoms with Gasteiger partial charge in [0.25, 0.3) is 0 Å². The van der Waals surface area contributed by atoms with Crippen molar-refractivity contribution in [2.24, 2.45) is 0 Å². The Morgan fingerprint density at radius 1 is 0.837 bits per heavy atom. The van der Waals surface area contributed by atoms with Crippen LogP contribution in [0.4, 0.5) is 0 Å². The molecule has 0 unspecified atom stereocenters. The lowest BCUT2D eigenvalue weighted by atomic mass is 9.99. The zero-order valence-corrected chi connectivity index (χ0v) is 22.1. The summed E-state index contributed by atoms with van der Waals surface area (Å²) in [5.74, 6) is -2.70. The number of ether oxygens (including phenoxy) is 3.